The molecule has 3 rings (SSSR count). The van der Waals surface area contributed by atoms with Crippen molar-refractivity contribution in [1.82, 2.24) is 10.2 Å². The quantitative estimate of drug-likeness (QED) is 0.401. The van der Waals surface area contributed by atoms with Gasteiger partial charge in [0.15, 0.2) is 0 Å². The first-order valence-corrected chi connectivity index (χ1v) is 15.4. The molecule has 208 valence electrons. The van der Waals surface area contributed by atoms with Crippen molar-refractivity contribution >= 4 is 39.1 Å². The van der Waals surface area contributed by atoms with Gasteiger partial charge in [0.05, 0.1) is 18.6 Å². The fraction of sp³-hybridized carbons (Fsp3) is 0.500. The van der Waals surface area contributed by atoms with Gasteiger partial charge in [-0.2, -0.15) is 0 Å². The average molecular weight is 564 g/mol. The third-order valence-electron chi connectivity index (χ3n) is 6.75. The maximum absolute atomic E-state index is 13.8. The van der Waals surface area contributed by atoms with E-state index in [1.54, 1.807) is 42.5 Å². The van der Waals surface area contributed by atoms with Gasteiger partial charge in [0.1, 0.15) is 18.3 Å². The lowest BCUT2D eigenvalue weighted by molar-refractivity contribution is -0.140. The minimum atomic E-state index is -3.81. The van der Waals surface area contributed by atoms with Crippen molar-refractivity contribution in [3.63, 3.8) is 0 Å². The summed E-state index contributed by atoms with van der Waals surface area (Å²) < 4.78 is 32.1. The third kappa shape index (κ3) is 8.11. The van der Waals surface area contributed by atoms with Gasteiger partial charge in [-0.3, -0.25) is 13.9 Å². The Bertz CT molecular complexity index is 1180. The summed E-state index contributed by atoms with van der Waals surface area (Å²) in [6, 6.07) is 13.0. The zero-order chi connectivity index (χ0) is 27.7. The number of carbonyl (C=O) groups is 2. The van der Waals surface area contributed by atoms with Crippen LogP contribution in [0.4, 0.5) is 5.69 Å². The van der Waals surface area contributed by atoms with Gasteiger partial charge < -0.3 is 15.0 Å². The van der Waals surface area contributed by atoms with Gasteiger partial charge in [-0.15, -0.1) is 0 Å². The Morgan fingerprint density at radius 1 is 1.05 bits per heavy atom. The minimum absolute atomic E-state index is 0.0793. The summed E-state index contributed by atoms with van der Waals surface area (Å²) in [4.78, 5) is 28.7. The first kappa shape index (κ1) is 29.8. The van der Waals surface area contributed by atoms with Crippen LogP contribution >= 0.6 is 11.6 Å². The molecule has 1 saturated carbocycles. The molecule has 0 spiro atoms. The first-order chi connectivity index (χ1) is 18.1. The summed E-state index contributed by atoms with van der Waals surface area (Å²) in [7, 11) is -3.81. The maximum Gasteiger partial charge on any atom is 0.244 e. The van der Waals surface area contributed by atoms with E-state index in [9.17, 15) is 18.0 Å². The molecule has 0 aliphatic heterocycles. The summed E-state index contributed by atoms with van der Waals surface area (Å²) >= 11 is 6.41. The maximum atomic E-state index is 13.8. The number of anilines is 1. The van der Waals surface area contributed by atoms with Gasteiger partial charge in [-0.25, -0.2) is 8.42 Å². The molecule has 1 aliphatic rings. The molecule has 10 heteroatoms. The van der Waals surface area contributed by atoms with Gasteiger partial charge in [0, 0.05) is 17.6 Å². The lowest BCUT2D eigenvalue weighted by atomic mass is 9.95. The van der Waals surface area contributed by atoms with Gasteiger partial charge in [0.2, 0.25) is 21.8 Å². The molecular formula is C28H38ClN3O5S. The standard InChI is InChI=1S/C28H38ClN3O5S/c1-4-26(28(34)30-22-12-7-6-8-13-22)31(19-21-11-9-10-14-25(21)29)27(33)20-32(38(3,35)36)23-15-17-24(18-16-23)37-5-2/h9-11,14-18,22,26H,4-8,12-13,19-20H2,1-3H3,(H,30,34)/t26-/m1/s1. The Hall–Kier alpha value is -2.78. The number of nitrogens with one attached hydrogen (secondary N) is 1. The van der Waals surface area contributed by atoms with Crippen LogP contribution < -0.4 is 14.4 Å². The summed E-state index contributed by atoms with van der Waals surface area (Å²) in [5, 5.41) is 3.60. The van der Waals surface area contributed by atoms with Crippen molar-refractivity contribution in [2.45, 2.75) is 71.0 Å². The van der Waals surface area contributed by atoms with Crippen LogP contribution in [0, 0.1) is 0 Å². The van der Waals surface area contributed by atoms with Gasteiger partial charge >= 0.3 is 0 Å². The van der Waals surface area contributed by atoms with Crippen LogP contribution in [0.3, 0.4) is 0 Å². The molecule has 0 bridgehead atoms. The van der Waals surface area contributed by atoms with E-state index in [4.69, 9.17) is 16.3 Å². The molecule has 1 fully saturated rings. The topological polar surface area (TPSA) is 96.0 Å². The van der Waals surface area contributed by atoms with Crippen LogP contribution in [0.5, 0.6) is 5.75 Å². The molecule has 2 aromatic carbocycles. The normalized spacial score (nSPS) is 14.9. The van der Waals surface area contributed by atoms with Crippen molar-refractivity contribution in [3.8, 4) is 5.75 Å². The van der Waals surface area contributed by atoms with Crippen LogP contribution in [0.2, 0.25) is 5.02 Å². The summed E-state index contributed by atoms with van der Waals surface area (Å²) in [6.45, 7) is 3.81. The Kier molecular flexibility index (Phi) is 10.8. The second kappa shape index (κ2) is 13.8. The monoisotopic (exact) mass is 563 g/mol. The molecule has 38 heavy (non-hydrogen) atoms. The number of benzene rings is 2. The smallest absolute Gasteiger partial charge is 0.244 e. The zero-order valence-corrected chi connectivity index (χ0v) is 23.9. The van der Waals surface area contributed by atoms with E-state index in [2.05, 4.69) is 5.32 Å². The van der Waals surface area contributed by atoms with Crippen molar-refractivity contribution < 1.29 is 22.7 Å². The zero-order valence-electron chi connectivity index (χ0n) is 22.4. The van der Waals surface area contributed by atoms with E-state index in [1.165, 1.54) is 4.90 Å². The molecule has 1 atom stereocenters. The number of amides is 2. The second-order valence-corrected chi connectivity index (χ2v) is 11.9. The molecular weight excluding hydrogens is 526 g/mol. The first-order valence-electron chi connectivity index (χ1n) is 13.2. The highest BCUT2D eigenvalue weighted by atomic mass is 35.5. The number of sulfonamides is 1. The predicted octanol–water partition coefficient (Wildman–Crippen LogP) is 4.76. The van der Waals surface area contributed by atoms with E-state index >= 15 is 0 Å². The van der Waals surface area contributed by atoms with Crippen LogP contribution in [-0.4, -0.2) is 56.6 Å². The highest BCUT2D eigenvalue weighted by Crippen LogP contribution is 2.25. The average Bonchev–Trinajstić information content (AvgIpc) is 2.89. The number of hydrogen-bond acceptors (Lipinski definition) is 5. The SMILES string of the molecule is CCOc1ccc(N(CC(=O)N(Cc2ccccc2Cl)[C@H](CC)C(=O)NC2CCCCC2)S(C)(=O)=O)cc1. The second-order valence-electron chi connectivity index (χ2n) is 9.58. The van der Waals surface area contributed by atoms with E-state index in [0.29, 0.717) is 35.1 Å². The van der Waals surface area contributed by atoms with Gasteiger partial charge in [0.25, 0.3) is 0 Å². The van der Waals surface area contributed by atoms with Crippen LogP contribution in [0.1, 0.15) is 57.9 Å². The van der Waals surface area contributed by atoms with Gasteiger partial charge in [-0.05, 0) is 62.1 Å². The Morgan fingerprint density at radius 2 is 1.71 bits per heavy atom. The summed E-state index contributed by atoms with van der Waals surface area (Å²) in [6.07, 6.45) is 6.55. The molecule has 8 nitrogen and oxygen atoms in total. The van der Waals surface area contributed by atoms with E-state index in [-0.39, 0.29) is 18.5 Å². The number of ether oxygens (including phenoxy) is 1. The number of rotatable bonds is 12. The predicted molar refractivity (Wildman–Crippen MR) is 151 cm³/mol. The molecule has 0 saturated heterocycles. The van der Waals surface area contributed by atoms with Crippen molar-refractivity contribution in [2.24, 2.45) is 0 Å². The van der Waals surface area contributed by atoms with Crippen LogP contribution in [0.25, 0.3) is 0 Å². The fourth-order valence-corrected chi connectivity index (χ4v) is 5.81. The Labute approximate surface area is 231 Å². The number of nitrogens with zero attached hydrogens (tertiary/aromatic N) is 2. The minimum Gasteiger partial charge on any atom is -0.494 e. The molecule has 1 aliphatic carbocycles. The highest BCUT2D eigenvalue weighted by Gasteiger charge is 2.33. The molecule has 2 amide bonds. The van der Waals surface area contributed by atoms with Crippen molar-refractivity contribution in [2.75, 3.05) is 23.7 Å². The summed E-state index contributed by atoms with van der Waals surface area (Å²) in [5.41, 5.74) is 1.01. The Balaban J connectivity index is 1.90. The number of hydrogen-bond donors (Lipinski definition) is 1. The molecule has 0 unspecified atom stereocenters. The molecule has 2 aromatic rings. The number of halogens is 1. The molecule has 1 N–H and O–H groups in total. The third-order valence-corrected chi connectivity index (χ3v) is 8.26. The van der Waals surface area contributed by atoms with E-state index in [1.807, 2.05) is 19.9 Å². The van der Waals surface area contributed by atoms with E-state index < -0.39 is 28.5 Å². The molecule has 0 aromatic heterocycles. The number of carbonyl (C=O) groups excluding carboxylic acids is 2. The summed E-state index contributed by atoms with van der Waals surface area (Å²) in [5.74, 6) is -0.122. The molecule has 0 radical (unpaired) electrons. The molecule has 0 heterocycles. The lowest BCUT2D eigenvalue weighted by Gasteiger charge is -2.34. The van der Waals surface area contributed by atoms with Crippen LogP contribution in [0.15, 0.2) is 48.5 Å². The van der Waals surface area contributed by atoms with Gasteiger partial charge in [-0.1, -0.05) is 56.0 Å². The lowest BCUT2D eigenvalue weighted by Crippen LogP contribution is -2.54. The highest BCUT2D eigenvalue weighted by molar-refractivity contribution is 7.92. The largest absolute Gasteiger partial charge is 0.494 e. The van der Waals surface area contributed by atoms with Crippen molar-refractivity contribution in [3.05, 3.63) is 59.1 Å². The van der Waals surface area contributed by atoms with Crippen LogP contribution in [-0.2, 0) is 26.2 Å². The Morgan fingerprint density at radius 3 is 2.29 bits per heavy atom. The fourth-order valence-electron chi connectivity index (χ4n) is 4.76. The van der Waals surface area contributed by atoms with E-state index in [0.717, 1.165) is 42.7 Å². The van der Waals surface area contributed by atoms with Crippen molar-refractivity contribution in [1.29, 1.82) is 0 Å².